The number of halogens is 1. The number of thioether (sulfide) groups is 1. The van der Waals surface area contributed by atoms with E-state index in [0.717, 1.165) is 10.0 Å². The molecule has 0 fully saturated rings. The molecule has 0 saturated carbocycles. The average Bonchev–Trinajstić information content (AvgIpc) is 2.27. The minimum atomic E-state index is -0.170. The van der Waals surface area contributed by atoms with Crippen LogP contribution in [0.15, 0.2) is 27.6 Å². The fourth-order valence-corrected chi connectivity index (χ4v) is 2.12. The van der Waals surface area contributed by atoms with E-state index in [4.69, 9.17) is 0 Å². The summed E-state index contributed by atoms with van der Waals surface area (Å²) >= 11 is 5.16. The van der Waals surface area contributed by atoms with Crippen LogP contribution in [0.3, 0.4) is 0 Å². The highest BCUT2D eigenvalue weighted by Gasteiger charge is 2.05. The Morgan fingerprint density at radius 2 is 2.27 bits per heavy atom. The van der Waals surface area contributed by atoms with Gasteiger partial charge in [0.05, 0.1) is 7.11 Å². The fraction of sp³-hybridized carbons (Fsp3) is 0.364. The lowest BCUT2D eigenvalue weighted by Gasteiger charge is -2.05. The summed E-state index contributed by atoms with van der Waals surface area (Å²) in [6.45, 7) is 0. The van der Waals surface area contributed by atoms with Gasteiger partial charge in [-0.3, -0.25) is 4.79 Å². The van der Waals surface area contributed by atoms with Gasteiger partial charge in [0.2, 0.25) is 0 Å². The number of carbonyl (C=O) groups excluding carboxylic acids is 1. The number of hydrogen-bond donors (Lipinski definition) is 0. The van der Waals surface area contributed by atoms with E-state index in [9.17, 15) is 4.79 Å². The third-order valence-electron chi connectivity index (χ3n) is 2.08. The smallest absolute Gasteiger partial charge is 0.305 e. The van der Waals surface area contributed by atoms with Crippen LogP contribution >= 0.6 is 27.7 Å². The number of carbonyl (C=O) groups is 1. The molecule has 0 aliphatic rings. The van der Waals surface area contributed by atoms with E-state index in [1.807, 2.05) is 12.3 Å². The quantitative estimate of drug-likeness (QED) is 0.628. The molecule has 0 spiro atoms. The zero-order chi connectivity index (χ0) is 11.3. The van der Waals surface area contributed by atoms with E-state index in [0.29, 0.717) is 12.8 Å². The first-order valence-corrected chi connectivity index (χ1v) is 6.58. The fourth-order valence-electron chi connectivity index (χ4n) is 1.21. The van der Waals surface area contributed by atoms with E-state index < -0.39 is 0 Å². The highest BCUT2D eigenvalue weighted by Crippen LogP contribution is 2.24. The highest BCUT2D eigenvalue weighted by molar-refractivity contribution is 9.10. The number of benzene rings is 1. The van der Waals surface area contributed by atoms with Crippen LogP contribution in [0.4, 0.5) is 0 Å². The van der Waals surface area contributed by atoms with Gasteiger partial charge in [0, 0.05) is 15.8 Å². The first-order valence-electron chi connectivity index (χ1n) is 4.56. The van der Waals surface area contributed by atoms with Gasteiger partial charge >= 0.3 is 5.97 Å². The van der Waals surface area contributed by atoms with Gasteiger partial charge < -0.3 is 4.74 Å². The Morgan fingerprint density at radius 1 is 1.53 bits per heavy atom. The number of esters is 1. The Labute approximate surface area is 103 Å². The molecule has 15 heavy (non-hydrogen) atoms. The second-order valence-electron chi connectivity index (χ2n) is 3.03. The summed E-state index contributed by atoms with van der Waals surface area (Å²) in [4.78, 5) is 12.2. The van der Waals surface area contributed by atoms with Crippen LogP contribution in [0, 0.1) is 0 Å². The standard InChI is InChI=1S/C11H13BrO2S/c1-14-11(13)6-3-8-7-9(15-2)4-5-10(8)12/h4-5,7H,3,6H2,1-2H3. The van der Waals surface area contributed by atoms with Crippen molar-refractivity contribution < 1.29 is 9.53 Å². The summed E-state index contributed by atoms with van der Waals surface area (Å²) in [7, 11) is 1.41. The molecule has 0 aliphatic carbocycles. The topological polar surface area (TPSA) is 26.3 Å². The maximum atomic E-state index is 11.0. The van der Waals surface area contributed by atoms with E-state index in [1.165, 1.54) is 12.0 Å². The molecule has 0 bridgehead atoms. The van der Waals surface area contributed by atoms with Crippen LogP contribution in [-0.4, -0.2) is 19.3 Å². The molecule has 1 aromatic rings. The number of aryl methyl sites for hydroxylation is 1. The molecule has 0 radical (unpaired) electrons. The minimum Gasteiger partial charge on any atom is -0.469 e. The maximum Gasteiger partial charge on any atom is 0.305 e. The molecule has 0 N–H and O–H groups in total. The summed E-state index contributed by atoms with van der Waals surface area (Å²) in [6, 6.07) is 6.16. The van der Waals surface area contributed by atoms with Gasteiger partial charge in [-0.25, -0.2) is 0 Å². The van der Waals surface area contributed by atoms with Crippen molar-refractivity contribution in [2.45, 2.75) is 17.7 Å². The van der Waals surface area contributed by atoms with Crippen LogP contribution in [0.2, 0.25) is 0 Å². The SMILES string of the molecule is COC(=O)CCc1cc(SC)ccc1Br. The lowest BCUT2D eigenvalue weighted by molar-refractivity contribution is -0.140. The zero-order valence-corrected chi connectivity index (χ0v) is 11.2. The van der Waals surface area contributed by atoms with Crippen molar-refractivity contribution >= 4 is 33.7 Å². The van der Waals surface area contributed by atoms with Crippen molar-refractivity contribution in [2.24, 2.45) is 0 Å². The lowest BCUT2D eigenvalue weighted by Crippen LogP contribution is -2.02. The molecule has 82 valence electrons. The van der Waals surface area contributed by atoms with Crippen molar-refractivity contribution in [2.75, 3.05) is 13.4 Å². The molecule has 0 atom stereocenters. The zero-order valence-electron chi connectivity index (χ0n) is 8.75. The Morgan fingerprint density at radius 3 is 2.87 bits per heavy atom. The largest absolute Gasteiger partial charge is 0.469 e. The highest BCUT2D eigenvalue weighted by atomic mass is 79.9. The number of rotatable bonds is 4. The van der Waals surface area contributed by atoms with Crippen molar-refractivity contribution in [3.05, 3.63) is 28.2 Å². The molecule has 4 heteroatoms. The molecular weight excluding hydrogens is 276 g/mol. The first kappa shape index (κ1) is 12.6. The normalized spacial score (nSPS) is 10.1. The minimum absolute atomic E-state index is 0.170. The molecule has 0 unspecified atom stereocenters. The summed E-state index contributed by atoms with van der Waals surface area (Å²) in [6.07, 6.45) is 3.17. The van der Waals surface area contributed by atoms with Crippen molar-refractivity contribution in [3.8, 4) is 0 Å². The Hall–Kier alpha value is -0.480. The first-order chi connectivity index (χ1) is 7.17. The Balaban J connectivity index is 2.70. The summed E-state index contributed by atoms with van der Waals surface area (Å²) in [5, 5.41) is 0. The molecule has 0 heterocycles. The van der Waals surface area contributed by atoms with Crippen molar-refractivity contribution in [1.82, 2.24) is 0 Å². The van der Waals surface area contributed by atoms with E-state index in [-0.39, 0.29) is 5.97 Å². The predicted molar refractivity (Wildman–Crippen MR) is 66.3 cm³/mol. The average molecular weight is 289 g/mol. The Kier molecular flexibility index (Phi) is 5.19. The predicted octanol–water partition coefficient (Wildman–Crippen LogP) is 3.28. The van der Waals surface area contributed by atoms with Crippen LogP contribution in [0.25, 0.3) is 0 Å². The van der Waals surface area contributed by atoms with Gasteiger partial charge in [0.25, 0.3) is 0 Å². The lowest BCUT2D eigenvalue weighted by atomic mass is 10.1. The Bertz CT molecular complexity index is 352. The van der Waals surface area contributed by atoms with E-state index in [2.05, 4.69) is 32.8 Å². The van der Waals surface area contributed by atoms with Crippen molar-refractivity contribution in [3.63, 3.8) is 0 Å². The monoisotopic (exact) mass is 288 g/mol. The molecule has 0 saturated heterocycles. The maximum absolute atomic E-state index is 11.0. The third kappa shape index (κ3) is 3.87. The van der Waals surface area contributed by atoms with Gasteiger partial charge in [-0.1, -0.05) is 15.9 Å². The molecule has 2 nitrogen and oxygen atoms in total. The van der Waals surface area contributed by atoms with Gasteiger partial charge in [-0.2, -0.15) is 0 Å². The second kappa shape index (κ2) is 6.18. The van der Waals surface area contributed by atoms with E-state index in [1.54, 1.807) is 11.8 Å². The second-order valence-corrected chi connectivity index (χ2v) is 4.77. The van der Waals surface area contributed by atoms with Crippen LogP contribution < -0.4 is 0 Å². The van der Waals surface area contributed by atoms with E-state index >= 15 is 0 Å². The van der Waals surface area contributed by atoms with Crippen molar-refractivity contribution in [1.29, 1.82) is 0 Å². The van der Waals surface area contributed by atoms with Gasteiger partial charge in [0.1, 0.15) is 0 Å². The van der Waals surface area contributed by atoms with Crippen LogP contribution in [0.5, 0.6) is 0 Å². The van der Waals surface area contributed by atoms with Crippen LogP contribution in [-0.2, 0) is 16.0 Å². The number of methoxy groups -OCH3 is 1. The summed E-state index contributed by atoms with van der Waals surface area (Å²) < 4.78 is 5.65. The van der Waals surface area contributed by atoms with Gasteiger partial charge in [-0.05, 0) is 36.4 Å². The molecule has 0 aliphatic heterocycles. The molecule has 0 aromatic heterocycles. The molecule has 1 aromatic carbocycles. The van der Waals surface area contributed by atoms with Gasteiger partial charge in [0.15, 0.2) is 0 Å². The molecular formula is C11H13BrO2S. The third-order valence-corrected chi connectivity index (χ3v) is 3.58. The number of ether oxygens (including phenoxy) is 1. The number of hydrogen-bond acceptors (Lipinski definition) is 3. The summed E-state index contributed by atoms with van der Waals surface area (Å²) in [5.41, 5.74) is 1.15. The van der Waals surface area contributed by atoms with Crippen LogP contribution in [0.1, 0.15) is 12.0 Å². The molecule has 1 rings (SSSR count). The summed E-state index contributed by atoms with van der Waals surface area (Å²) in [5.74, 6) is -0.170. The molecule has 0 amide bonds. The van der Waals surface area contributed by atoms with Gasteiger partial charge in [-0.15, -0.1) is 11.8 Å².